The summed E-state index contributed by atoms with van der Waals surface area (Å²) in [5, 5.41) is 5.55. The number of hydrogen-bond donors (Lipinski definition) is 2. The summed E-state index contributed by atoms with van der Waals surface area (Å²) in [6.07, 6.45) is -4.49. The summed E-state index contributed by atoms with van der Waals surface area (Å²) in [4.78, 5) is 11.7. The lowest BCUT2D eigenvalue weighted by Crippen LogP contribution is -2.31. The van der Waals surface area contributed by atoms with Crippen LogP contribution in [0.25, 0.3) is 0 Å². The standard InChI is InChI=1S/C12H14BrF3N2O/c1-2-17-5-6-18-11(19)8-3-4-10(13)9(7-8)12(14,15)16/h3-4,7,17H,2,5-6H2,1H3,(H,18,19). The molecule has 0 unspecified atom stereocenters. The molecular formula is C12H14BrF3N2O. The number of benzene rings is 1. The van der Waals surface area contributed by atoms with Gasteiger partial charge in [-0.3, -0.25) is 4.79 Å². The van der Waals surface area contributed by atoms with Gasteiger partial charge in [-0.2, -0.15) is 13.2 Å². The van der Waals surface area contributed by atoms with Crippen LogP contribution in [0.15, 0.2) is 22.7 Å². The Morgan fingerprint density at radius 2 is 2.00 bits per heavy atom. The minimum Gasteiger partial charge on any atom is -0.351 e. The molecule has 0 aliphatic heterocycles. The molecule has 0 saturated heterocycles. The van der Waals surface area contributed by atoms with Gasteiger partial charge in [0, 0.05) is 23.1 Å². The van der Waals surface area contributed by atoms with Crippen LogP contribution in [0.1, 0.15) is 22.8 Å². The van der Waals surface area contributed by atoms with Crippen LogP contribution in [0, 0.1) is 0 Å². The maximum Gasteiger partial charge on any atom is 0.417 e. The first kappa shape index (κ1) is 16.0. The number of likely N-dealkylation sites (N-methyl/N-ethyl adjacent to an activating group) is 1. The van der Waals surface area contributed by atoms with Gasteiger partial charge in [0.05, 0.1) is 5.56 Å². The highest BCUT2D eigenvalue weighted by molar-refractivity contribution is 9.10. The first-order valence-electron chi connectivity index (χ1n) is 5.72. The first-order valence-corrected chi connectivity index (χ1v) is 6.51. The molecule has 3 nitrogen and oxygen atoms in total. The van der Waals surface area contributed by atoms with Gasteiger partial charge in [-0.1, -0.05) is 22.9 Å². The fraction of sp³-hybridized carbons (Fsp3) is 0.417. The second kappa shape index (κ2) is 6.91. The van der Waals surface area contributed by atoms with Gasteiger partial charge < -0.3 is 10.6 Å². The van der Waals surface area contributed by atoms with Gasteiger partial charge in [-0.25, -0.2) is 0 Å². The van der Waals surface area contributed by atoms with E-state index in [0.29, 0.717) is 13.1 Å². The predicted molar refractivity (Wildman–Crippen MR) is 70.0 cm³/mol. The number of amides is 1. The highest BCUT2D eigenvalue weighted by atomic mass is 79.9. The summed E-state index contributed by atoms with van der Waals surface area (Å²) < 4.78 is 37.9. The third-order valence-electron chi connectivity index (χ3n) is 2.37. The van der Waals surface area contributed by atoms with Crippen molar-refractivity contribution in [2.24, 2.45) is 0 Å². The van der Waals surface area contributed by atoms with Crippen molar-refractivity contribution in [3.8, 4) is 0 Å². The van der Waals surface area contributed by atoms with Crippen molar-refractivity contribution >= 4 is 21.8 Å². The van der Waals surface area contributed by atoms with E-state index in [4.69, 9.17) is 0 Å². The second-order valence-electron chi connectivity index (χ2n) is 3.80. The summed E-state index contributed by atoms with van der Waals surface area (Å²) in [5.74, 6) is -0.518. The number of nitrogens with one attached hydrogen (secondary N) is 2. The molecule has 1 aromatic rings. The molecule has 2 N–H and O–H groups in total. The zero-order valence-corrected chi connectivity index (χ0v) is 11.9. The molecule has 106 valence electrons. The molecule has 0 aliphatic carbocycles. The van der Waals surface area contributed by atoms with Crippen LogP contribution in [-0.2, 0) is 6.18 Å². The highest BCUT2D eigenvalue weighted by Gasteiger charge is 2.33. The monoisotopic (exact) mass is 338 g/mol. The Morgan fingerprint density at radius 3 is 2.58 bits per heavy atom. The maximum atomic E-state index is 12.7. The van der Waals surface area contributed by atoms with Crippen molar-refractivity contribution < 1.29 is 18.0 Å². The van der Waals surface area contributed by atoms with E-state index in [-0.39, 0.29) is 10.0 Å². The Hall–Kier alpha value is -1.08. The SMILES string of the molecule is CCNCCNC(=O)c1ccc(Br)c(C(F)(F)F)c1. The third kappa shape index (κ3) is 4.83. The van der Waals surface area contributed by atoms with Crippen molar-refractivity contribution in [1.29, 1.82) is 0 Å². The smallest absolute Gasteiger partial charge is 0.351 e. The van der Waals surface area contributed by atoms with E-state index in [1.54, 1.807) is 0 Å². The molecule has 7 heteroatoms. The van der Waals surface area contributed by atoms with E-state index >= 15 is 0 Å². The molecule has 1 amide bonds. The van der Waals surface area contributed by atoms with E-state index in [1.165, 1.54) is 12.1 Å². The van der Waals surface area contributed by atoms with Crippen molar-refractivity contribution in [2.45, 2.75) is 13.1 Å². The van der Waals surface area contributed by atoms with Crippen molar-refractivity contribution in [3.63, 3.8) is 0 Å². The number of carbonyl (C=O) groups is 1. The third-order valence-corrected chi connectivity index (χ3v) is 3.06. The van der Waals surface area contributed by atoms with E-state index in [9.17, 15) is 18.0 Å². The molecule has 0 atom stereocenters. The van der Waals surface area contributed by atoms with Gasteiger partial charge in [0.25, 0.3) is 5.91 Å². The second-order valence-corrected chi connectivity index (χ2v) is 4.66. The van der Waals surface area contributed by atoms with Crippen LogP contribution < -0.4 is 10.6 Å². The van der Waals surface area contributed by atoms with Gasteiger partial charge in [0.1, 0.15) is 0 Å². The summed E-state index contributed by atoms with van der Waals surface area (Å²) in [7, 11) is 0. The van der Waals surface area contributed by atoms with Crippen molar-refractivity contribution in [2.75, 3.05) is 19.6 Å². The lowest BCUT2D eigenvalue weighted by Gasteiger charge is -2.11. The zero-order valence-electron chi connectivity index (χ0n) is 10.3. The Bertz CT molecular complexity index is 449. The quantitative estimate of drug-likeness (QED) is 0.810. The number of alkyl halides is 3. The summed E-state index contributed by atoms with van der Waals surface area (Å²) in [6.45, 7) is 3.63. The minimum absolute atomic E-state index is 0.00739. The zero-order chi connectivity index (χ0) is 14.5. The number of hydrogen-bond acceptors (Lipinski definition) is 2. The van der Waals surface area contributed by atoms with E-state index < -0.39 is 17.6 Å². The maximum absolute atomic E-state index is 12.7. The molecule has 0 spiro atoms. The Balaban J connectivity index is 2.76. The lowest BCUT2D eigenvalue weighted by atomic mass is 10.1. The molecule has 1 aromatic carbocycles. The molecule has 0 radical (unpaired) electrons. The molecule has 0 fully saturated rings. The molecule has 0 aliphatic rings. The van der Waals surface area contributed by atoms with Crippen LogP contribution in [0.2, 0.25) is 0 Å². The predicted octanol–water partition coefficient (Wildman–Crippen LogP) is 2.81. The molecule has 19 heavy (non-hydrogen) atoms. The highest BCUT2D eigenvalue weighted by Crippen LogP contribution is 2.35. The van der Waals surface area contributed by atoms with Crippen molar-refractivity contribution in [1.82, 2.24) is 10.6 Å². The summed E-state index contributed by atoms with van der Waals surface area (Å²) in [6, 6.07) is 3.41. The lowest BCUT2D eigenvalue weighted by molar-refractivity contribution is -0.138. The molecular weight excluding hydrogens is 325 g/mol. The number of carbonyl (C=O) groups excluding carboxylic acids is 1. The summed E-state index contributed by atoms with van der Waals surface area (Å²) in [5.41, 5.74) is -0.862. The minimum atomic E-state index is -4.49. The average Bonchev–Trinajstić information content (AvgIpc) is 2.33. The van der Waals surface area contributed by atoms with Crippen molar-refractivity contribution in [3.05, 3.63) is 33.8 Å². The average molecular weight is 339 g/mol. The van der Waals surface area contributed by atoms with Gasteiger partial charge >= 0.3 is 6.18 Å². The molecule has 0 heterocycles. The van der Waals surface area contributed by atoms with E-state index in [0.717, 1.165) is 12.6 Å². The molecule has 0 aromatic heterocycles. The molecule has 0 saturated carbocycles. The van der Waals surface area contributed by atoms with Gasteiger partial charge in [0.15, 0.2) is 0 Å². The first-order chi connectivity index (χ1) is 8.86. The van der Waals surface area contributed by atoms with Crippen LogP contribution in [0.4, 0.5) is 13.2 Å². The van der Waals surface area contributed by atoms with Gasteiger partial charge in [0.2, 0.25) is 0 Å². The van der Waals surface area contributed by atoms with Gasteiger partial charge in [-0.05, 0) is 24.7 Å². The van der Waals surface area contributed by atoms with Crippen LogP contribution in [-0.4, -0.2) is 25.5 Å². The van der Waals surface area contributed by atoms with Crippen LogP contribution in [0.5, 0.6) is 0 Å². The van der Waals surface area contributed by atoms with E-state index in [1.807, 2.05) is 6.92 Å². The topological polar surface area (TPSA) is 41.1 Å². The van der Waals surface area contributed by atoms with Crippen LogP contribution >= 0.6 is 15.9 Å². The molecule has 1 rings (SSSR count). The fourth-order valence-corrected chi connectivity index (χ4v) is 1.90. The van der Waals surface area contributed by atoms with E-state index in [2.05, 4.69) is 26.6 Å². The normalized spacial score (nSPS) is 11.4. The Morgan fingerprint density at radius 1 is 1.32 bits per heavy atom. The Labute approximate surface area is 117 Å². The summed E-state index contributed by atoms with van der Waals surface area (Å²) >= 11 is 2.83. The fourth-order valence-electron chi connectivity index (χ4n) is 1.43. The largest absolute Gasteiger partial charge is 0.417 e. The number of rotatable bonds is 5. The van der Waals surface area contributed by atoms with Gasteiger partial charge in [-0.15, -0.1) is 0 Å². The molecule has 0 bridgehead atoms. The van der Waals surface area contributed by atoms with Crippen LogP contribution in [0.3, 0.4) is 0 Å². The number of halogens is 4. The Kier molecular flexibility index (Phi) is 5.81.